The van der Waals surface area contributed by atoms with Crippen LogP contribution < -0.4 is 0 Å². The van der Waals surface area contributed by atoms with Gasteiger partial charge in [0.2, 0.25) is 0 Å². The van der Waals surface area contributed by atoms with Crippen molar-refractivity contribution >= 4 is 5.78 Å². The van der Waals surface area contributed by atoms with Gasteiger partial charge < -0.3 is 0 Å². The van der Waals surface area contributed by atoms with Crippen molar-refractivity contribution in [2.75, 3.05) is 13.1 Å². The van der Waals surface area contributed by atoms with Gasteiger partial charge in [0, 0.05) is 24.9 Å². The number of likely N-dealkylation sites (tertiary alicyclic amines) is 1. The Kier molecular flexibility index (Phi) is 4.51. The summed E-state index contributed by atoms with van der Waals surface area (Å²) >= 11 is 0. The third-order valence-corrected chi connectivity index (χ3v) is 5.01. The van der Waals surface area contributed by atoms with Crippen LogP contribution >= 0.6 is 0 Å². The van der Waals surface area contributed by atoms with Crippen molar-refractivity contribution in [2.24, 2.45) is 5.92 Å². The summed E-state index contributed by atoms with van der Waals surface area (Å²) in [6, 6.07) is 11.2. The van der Waals surface area contributed by atoms with Crippen molar-refractivity contribution in [3.05, 3.63) is 35.9 Å². The standard InChI is InChI=1S/C18H25NO/c20-18-11-6-9-16(18)17-10-4-5-13-19(17)14-12-15-7-2-1-3-8-15/h1-3,7-8,16-17H,4-6,9-14H2. The summed E-state index contributed by atoms with van der Waals surface area (Å²) in [5.41, 5.74) is 1.41. The second-order valence-corrected chi connectivity index (χ2v) is 6.30. The summed E-state index contributed by atoms with van der Waals surface area (Å²) in [4.78, 5) is 14.7. The smallest absolute Gasteiger partial charge is 0.137 e. The molecule has 1 heterocycles. The van der Waals surface area contributed by atoms with E-state index >= 15 is 0 Å². The van der Waals surface area contributed by atoms with Crippen molar-refractivity contribution in [3.8, 4) is 0 Å². The fraction of sp³-hybridized carbons (Fsp3) is 0.611. The largest absolute Gasteiger partial charge is 0.299 e. The molecule has 2 fully saturated rings. The Bertz CT molecular complexity index is 442. The SMILES string of the molecule is O=C1CCCC1C1CCCCN1CCc1ccccc1. The molecule has 2 unspecified atom stereocenters. The Morgan fingerprint density at radius 3 is 2.65 bits per heavy atom. The molecule has 2 nitrogen and oxygen atoms in total. The van der Waals surface area contributed by atoms with Crippen molar-refractivity contribution in [1.29, 1.82) is 0 Å². The van der Waals surface area contributed by atoms with E-state index < -0.39 is 0 Å². The highest BCUT2D eigenvalue weighted by molar-refractivity contribution is 5.83. The van der Waals surface area contributed by atoms with Gasteiger partial charge in [-0.1, -0.05) is 36.8 Å². The number of carbonyl (C=O) groups excluding carboxylic acids is 1. The lowest BCUT2D eigenvalue weighted by atomic mass is 9.88. The monoisotopic (exact) mass is 271 g/mol. The summed E-state index contributed by atoms with van der Waals surface area (Å²) in [6.07, 6.45) is 8.01. The van der Waals surface area contributed by atoms with E-state index in [9.17, 15) is 4.79 Å². The van der Waals surface area contributed by atoms with E-state index in [1.54, 1.807) is 0 Å². The van der Waals surface area contributed by atoms with Crippen LogP contribution in [0.25, 0.3) is 0 Å². The van der Waals surface area contributed by atoms with Crippen LogP contribution in [-0.2, 0) is 11.2 Å². The molecule has 1 aliphatic heterocycles. The first-order chi connectivity index (χ1) is 9.84. The zero-order chi connectivity index (χ0) is 13.8. The minimum Gasteiger partial charge on any atom is -0.299 e. The molecule has 0 spiro atoms. The lowest BCUT2D eigenvalue weighted by Crippen LogP contribution is -2.46. The Hall–Kier alpha value is -1.15. The van der Waals surface area contributed by atoms with Crippen molar-refractivity contribution in [3.63, 3.8) is 0 Å². The van der Waals surface area contributed by atoms with E-state index in [4.69, 9.17) is 0 Å². The highest BCUT2D eigenvalue weighted by Crippen LogP contribution is 2.32. The highest BCUT2D eigenvalue weighted by Gasteiger charge is 2.36. The lowest BCUT2D eigenvalue weighted by Gasteiger charge is -2.38. The fourth-order valence-corrected chi connectivity index (χ4v) is 3.92. The van der Waals surface area contributed by atoms with Gasteiger partial charge in [-0.15, -0.1) is 0 Å². The molecule has 1 aromatic rings. The van der Waals surface area contributed by atoms with Crippen LogP contribution in [0.15, 0.2) is 30.3 Å². The molecular formula is C18H25NO. The number of piperidine rings is 1. The summed E-state index contributed by atoms with van der Waals surface area (Å²) in [7, 11) is 0. The van der Waals surface area contributed by atoms with Crippen LogP contribution in [-0.4, -0.2) is 29.8 Å². The molecule has 0 radical (unpaired) electrons. The average molecular weight is 271 g/mol. The molecule has 1 aromatic carbocycles. The number of nitrogens with zero attached hydrogens (tertiary/aromatic N) is 1. The number of rotatable bonds is 4. The summed E-state index contributed by atoms with van der Waals surface area (Å²) < 4.78 is 0. The molecule has 1 saturated heterocycles. The number of ketones is 1. The number of hydrogen-bond donors (Lipinski definition) is 0. The molecule has 20 heavy (non-hydrogen) atoms. The van der Waals surface area contributed by atoms with Crippen molar-refractivity contribution in [2.45, 2.75) is 51.0 Å². The van der Waals surface area contributed by atoms with E-state index in [0.29, 0.717) is 17.7 Å². The minimum absolute atomic E-state index is 0.339. The number of hydrogen-bond acceptors (Lipinski definition) is 2. The Balaban J connectivity index is 1.62. The zero-order valence-electron chi connectivity index (χ0n) is 12.3. The first kappa shape index (κ1) is 13.8. The Labute approximate surface area is 122 Å². The van der Waals surface area contributed by atoms with Gasteiger partial charge in [0.25, 0.3) is 0 Å². The van der Waals surface area contributed by atoms with Gasteiger partial charge in [0.15, 0.2) is 0 Å². The third kappa shape index (κ3) is 3.12. The van der Waals surface area contributed by atoms with Gasteiger partial charge >= 0.3 is 0 Å². The highest BCUT2D eigenvalue weighted by atomic mass is 16.1. The molecule has 108 valence electrons. The first-order valence-electron chi connectivity index (χ1n) is 8.15. The number of Topliss-reactive ketones (excluding diaryl/α,β-unsaturated/α-hetero) is 1. The molecule has 0 N–H and O–H groups in total. The van der Waals surface area contributed by atoms with Crippen LogP contribution in [0.4, 0.5) is 0 Å². The summed E-state index contributed by atoms with van der Waals surface area (Å²) in [5.74, 6) is 0.868. The predicted molar refractivity (Wildman–Crippen MR) is 81.7 cm³/mol. The summed E-state index contributed by atoms with van der Waals surface area (Å²) in [6.45, 7) is 2.29. The van der Waals surface area contributed by atoms with E-state index in [2.05, 4.69) is 35.2 Å². The maximum Gasteiger partial charge on any atom is 0.137 e. The predicted octanol–water partition coefficient (Wildman–Crippen LogP) is 3.45. The van der Waals surface area contributed by atoms with E-state index in [0.717, 1.165) is 32.2 Å². The molecular weight excluding hydrogens is 246 g/mol. The van der Waals surface area contributed by atoms with Crippen LogP contribution in [0.2, 0.25) is 0 Å². The molecule has 2 aliphatic rings. The lowest BCUT2D eigenvalue weighted by molar-refractivity contribution is -0.123. The topological polar surface area (TPSA) is 20.3 Å². The molecule has 1 saturated carbocycles. The number of benzene rings is 1. The van der Waals surface area contributed by atoms with E-state index in [1.807, 2.05) is 0 Å². The van der Waals surface area contributed by atoms with E-state index in [1.165, 1.54) is 31.4 Å². The Morgan fingerprint density at radius 2 is 1.90 bits per heavy atom. The van der Waals surface area contributed by atoms with Gasteiger partial charge in [0.05, 0.1) is 0 Å². The average Bonchev–Trinajstić information content (AvgIpc) is 2.92. The molecule has 0 aromatic heterocycles. The Morgan fingerprint density at radius 1 is 1.05 bits per heavy atom. The second kappa shape index (κ2) is 6.53. The van der Waals surface area contributed by atoms with Crippen LogP contribution in [0.1, 0.15) is 44.1 Å². The quantitative estimate of drug-likeness (QED) is 0.836. The van der Waals surface area contributed by atoms with Crippen molar-refractivity contribution in [1.82, 2.24) is 4.90 Å². The van der Waals surface area contributed by atoms with Gasteiger partial charge in [-0.05, 0) is 44.2 Å². The zero-order valence-corrected chi connectivity index (χ0v) is 12.3. The molecule has 3 rings (SSSR count). The maximum atomic E-state index is 12.1. The van der Waals surface area contributed by atoms with Gasteiger partial charge in [-0.25, -0.2) is 0 Å². The maximum absolute atomic E-state index is 12.1. The van der Waals surface area contributed by atoms with Gasteiger partial charge in [0.1, 0.15) is 5.78 Å². The van der Waals surface area contributed by atoms with Crippen LogP contribution in [0, 0.1) is 5.92 Å². The molecule has 0 amide bonds. The van der Waals surface area contributed by atoms with Crippen LogP contribution in [0.3, 0.4) is 0 Å². The third-order valence-electron chi connectivity index (χ3n) is 5.01. The van der Waals surface area contributed by atoms with Gasteiger partial charge in [-0.2, -0.15) is 0 Å². The molecule has 2 heteroatoms. The summed E-state index contributed by atoms with van der Waals surface area (Å²) in [5, 5.41) is 0. The fourth-order valence-electron chi connectivity index (χ4n) is 3.92. The molecule has 2 atom stereocenters. The van der Waals surface area contributed by atoms with Crippen molar-refractivity contribution < 1.29 is 4.79 Å². The van der Waals surface area contributed by atoms with E-state index in [-0.39, 0.29) is 0 Å². The molecule has 1 aliphatic carbocycles. The van der Waals surface area contributed by atoms with Crippen LogP contribution in [0.5, 0.6) is 0 Å². The molecule has 0 bridgehead atoms. The van der Waals surface area contributed by atoms with Gasteiger partial charge in [-0.3, -0.25) is 9.69 Å². The number of carbonyl (C=O) groups is 1. The normalized spacial score (nSPS) is 27.9. The first-order valence-corrected chi connectivity index (χ1v) is 8.15. The minimum atomic E-state index is 0.339. The second-order valence-electron chi connectivity index (χ2n) is 6.30.